The second-order valence-electron chi connectivity index (χ2n) is 7.01. The van der Waals surface area contributed by atoms with Gasteiger partial charge in [-0.05, 0) is 48.5 Å². The number of ether oxygens (including phenoxy) is 1. The molecule has 160 valence electrons. The standard InChI is InChI=1S/C23H14BrF2N3O3/c24-15-3-1-2-14(10-15)20-12-21(31-28-20)23-27-22(29-32-23)13-4-6-16(7-5-13)30-17-8-9-18(25)19(26)11-17/h1-11,21H,12H2. The molecule has 0 amide bonds. The van der Waals surface area contributed by atoms with Crippen LogP contribution in [0.2, 0.25) is 0 Å². The lowest BCUT2D eigenvalue weighted by molar-refractivity contribution is 0.0599. The Morgan fingerprint density at radius 1 is 0.906 bits per heavy atom. The second-order valence-corrected chi connectivity index (χ2v) is 7.92. The minimum atomic E-state index is -0.973. The van der Waals surface area contributed by atoms with Crippen molar-refractivity contribution in [1.82, 2.24) is 10.1 Å². The third-order valence-electron chi connectivity index (χ3n) is 4.78. The van der Waals surface area contributed by atoms with E-state index in [0.717, 1.165) is 27.9 Å². The van der Waals surface area contributed by atoms with Crippen LogP contribution < -0.4 is 4.74 Å². The molecular weight excluding hydrogens is 484 g/mol. The zero-order valence-electron chi connectivity index (χ0n) is 16.3. The molecule has 2 heterocycles. The maximum absolute atomic E-state index is 13.3. The van der Waals surface area contributed by atoms with Crippen molar-refractivity contribution in [2.75, 3.05) is 0 Å². The molecule has 0 fully saturated rings. The maximum Gasteiger partial charge on any atom is 0.271 e. The molecule has 1 aliphatic rings. The number of hydrogen-bond acceptors (Lipinski definition) is 6. The maximum atomic E-state index is 13.3. The van der Waals surface area contributed by atoms with E-state index in [2.05, 4.69) is 31.2 Å². The molecule has 4 aromatic rings. The highest BCUT2D eigenvalue weighted by Crippen LogP contribution is 2.31. The van der Waals surface area contributed by atoms with Crippen molar-refractivity contribution in [3.63, 3.8) is 0 Å². The summed E-state index contributed by atoms with van der Waals surface area (Å²) in [7, 11) is 0. The van der Waals surface area contributed by atoms with Gasteiger partial charge < -0.3 is 14.1 Å². The molecule has 1 aromatic heterocycles. The summed E-state index contributed by atoms with van der Waals surface area (Å²) in [6, 6.07) is 18.0. The molecule has 0 saturated carbocycles. The Balaban J connectivity index is 1.26. The molecule has 1 atom stereocenters. The van der Waals surface area contributed by atoms with E-state index in [0.29, 0.717) is 29.4 Å². The van der Waals surface area contributed by atoms with Gasteiger partial charge in [0.1, 0.15) is 11.5 Å². The number of hydrogen-bond donors (Lipinski definition) is 0. The molecule has 3 aromatic carbocycles. The van der Waals surface area contributed by atoms with Crippen molar-refractivity contribution in [2.24, 2.45) is 5.16 Å². The molecule has 0 aliphatic carbocycles. The lowest BCUT2D eigenvalue weighted by Gasteiger charge is -2.06. The number of halogens is 3. The smallest absolute Gasteiger partial charge is 0.271 e. The van der Waals surface area contributed by atoms with E-state index in [-0.39, 0.29) is 5.75 Å². The van der Waals surface area contributed by atoms with Gasteiger partial charge >= 0.3 is 0 Å². The fourth-order valence-electron chi connectivity index (χ4n) is 3.18. The molecule has 1 unspecified atom stereocenters. The van der Waals surface area contributed by atoms with Crippen molar-refractivity contribution in [3.8, 4) is 22.9 Å². The zero-order valence-corrected chi connectivity index (χ0v) is 17.9. The summed E-state index contributed by atoms with van der Waals surface area (Å²) in [5.41, 5.74) is 2.46. The van der Waals surface area contributed by atoms with Crippen molar-refractivity contribution in [2.45, 2.75) is 12.5 Å². The number of nitrogens with zero attached hydrogens (tertiary/aromatic N) is 3. The molecule has 32 heavy (non-hydrogen) atoms. The predicted molar refractivity (Wildman–Crippen MR) is 115 cm³/mol. The second kappa shape index (κ2) is 8.51. The first-order valence-electron chi connectivity index (χ1n) is 9.61. The molecule has 1 aliphatic heterocycles. The van der Waals surface area contributed by atoms with Gasteiger partial charge in [-0.3, -0.25) is 0 Å². The van der Waals surface area contributed by atoms with Crippen LogP contribution in [0.25, 0.3) is 11.4 Å². The fraction of sp³-hybridized carbons (Fsp3) is 0.0870. The highest BCUT2D eigenvalue weighted by Gasteiger charge is 2.29. The number of aromatic nitrogens is 2. The topological polar surface area (TPSA) is 69.7 Å². The summed E-state index contributed by atoms with van der Waals surface area (Å²) in [5, 5.41) is 8.17. The summed E-state index contributed by atoms with van der Waals surface area (Å²) in [6.45, 7) is 0. The van der Waals surface area contributed by atoms with Gasteiger partial charge in [-0.25, -0.2) is 8.78 Å². The molecule has 5 rings (SSSR count). The molecular formula is C23H14BrF2N3O3. The van der Waals surface area contributed by atoms with Gasteiger partial charge in [0.2, 0.25) is 11.9 Å². The lowest BCUT2D eigenvalue weighted by Crippen LogP contribution is -2.02. The summed E-state index contributed by atoms with van der Waals surface area (Å²) < 4.78 is 38.3. The summed E-state index contributed by atoms with van der Waals surface area (Å²) in [6.07, 6.45) is 0.0558. The molecule has 0 radical (unpaired) electrons. The van der Waals surface area contributed by atoms with E-state index < -0.39 is 17.7 Å². The van der Waals surface area contributed by atoms with Gasteiger partial charge in [-0.1, -0.05) is 38.4 Å². The van der Waals surface area contributed by atoms with Crippen LogP contribution in [0, 0.1) is 11.6 Å². The Morgan fingerprint density at radius 2 is 1.72 bits per heavy atom. The quantitative estimate of drug-likeness (QED) is 0.317. The van der Waals surface area contributed by atoms with Gasteiger partial charge in [-0.2, -0.15) is 4.98 Å². The summed E-state index contributed by atoms with van der Waals surface area (Å²) >= 11 is 3.45. The highest BCUT2D eigenvalue weighted by molar-refractivity contribution is 9.10. The number of rotatable bonds is 5. The predicted octanol–water partition coefficient (Wildman–Crippen LogP) is 6.44. The summed E-state index contributed by atoms with van der Waals surface area (Å²) in [4.78, 5) is 9.92. The first-order valence-corrected chi connectivity index (χ1v) is 10.4. The van der Waals surface area contributed by atoms with E-state index in [1.54, 1.807) is 24.3 Å². The van der Waals surface area contributed by atoms with Gasteiger partial charge in [0.15, 0.2) is 11.6 Å². The minimum Gasteiger partial charge on any atom is -0.457 e. The molecule has 0 N–H and O–H groups in total. The normalized spacial score (nSPS) is 15.3. The van der Waals surface area contributed by atoms with Crippen LogP contribution in [0.3, 0.4) is 0 Å². The first kappa shape index (κ1) is 20.3. The average molecular weight is 498 g/mol. The Labute approximate surface area is 189 Å². The first-order chi connectivity index (χ1) is 15.5. The van der Waals surface area contributed by atoms with Crippen LogP contribution in [-0.4, -0.2) is 15.9 Å². The molecule has 0 spiro atoms. The Morgan fingerprint density at radius 3 is 2.50 bits per heavy atom. The van der Waals surface area contributed by atoms with E-state index in [9.17, 15) is 8.78 Å². The minimum absolute atomic E-state index is 0.193. The fourth-order valence-corrected chi connectivity index (χ4v) is 3.58. The summed E-state index contributed by atoms with van der Waals surface area (Å²) in [5.74, 6) is -0.539. The van der Waals surface area contributed by atoms with Crippen molar-refractivity contribution in [3.05, 3.63) is 94.3 Å². The zero-order chi connectivity index (χ0) is 22.1. The third kappa shape index (κ3) is 4.24. The van der Waals surface area contributed by atoms with Gasteiger partial charge in [0.05, 0.1) is 5.71 Å². The Kier molecular flexibility index (Phi) is 5.40. The van der Waals surface area contributed by atoms with Crippen LogP contribution in [0.15, 0.2) is 80.9 Å². The van der Waals surface area contributed by atoms with Gasteiger partial charge in [0, 0.05) is 28.1 Å². The molecule has 0 bridgehead atoms. The number of oxime groups is 1. The molecule has 9 heteroatoms. The van der Waals surface area contributed by atoms with E-state index >= 15 is 0 Å². The van der Waals surface area contributed by atoms with Crippen molar-refractivity contribution in [1.29, 1.82) is 0 Å². The molecule has 6 nitrogen and oxygen atoms in total. The van der Waals surface area contributed by atoms with Crippen LogP contribution >= 0.6 is 15.9 Å². The van der Waals surface area contributed by atoms with E-state index in [1.807, 2.05) is 24.3 Å². The average Bonchev–Trinajstić information content (AvgIpc) is 3.47. The Bertz CT molecular complexity index is 1310. The molecule has 0 saturated heterocycles. The SMILES string of the molecule is Fc1ccc(Oc2ccc(-c3noc(C4CC(c5cccc(Br)c5)=NO4)n3)cc2)cc1F. The number of benzene rings is 3. The van der Waals surface area contributed by atoms with Gasteiger partial charge in [0.25, 0.3) is 5.89 Å². The van der Waals surface area contributed by atoms with Crippen LogP contribution in [-0.2, 0) is 4.84 Å². The lowest BCUT2D eigenvalue weighted by atomic mass is 10.1. The van der Waals surface area contributed by atoms with Gasteiger partial charge in [-0.15, -0.1) is 0 Å². The monoisotopic (exact) mass is 497 g/mol. The van der Waals surface area contributed by atoms with Crippen LogP contribution in [0.1, 0.15) is 24.0 Å². The van der Waals surface area contributed by atoms with Crippen molar-refractivity contribution >= 4 is 21.6 Å². The van der Waals surface area contributed by atoms with E-state index in [4.69, 9.17) is 14.1 Å². The van der Waals surface area contributed by atoms with Crippen LogP contribution in [0.5, 0.6) is 11.5 Å². The largest absolute Gasteiger partial charge is 0.457 e. The highest BCUT2D eigenvalue weighted by atomic mass is 79.9. The Hall–Kier alpha value is -3.59. The van der Waals surface area contributed by atoms with Crippen LogP contribution in [0.4, 0.5) is 8.78 Å². The van der Waals surface area contributed by atoms with Crippen molar-refractivity contribution < 1.29 is 22.9 Å². The third-order valence-corrected chi connectivity index (χ3v) is 5.28. The van der Waals surface area contributed by atoms with E-state index in [1.165, 1.54) is 6.07 Å².